The first-order valence-corrected chi connectivity index (χ1v) is 9.20. The zero-order valence-corrected chi connectivity index (χ0v) is 16.8. The first-order valence-electron chi connectivity index (χ1n) is 8.83. The summed E-state index contributed by atoms with van der Waals surface area (Å²) in [5, 5.41) is -0.00704. The molecular weight excluding hydrogens is 418 g/mol. The van der Waals surface area contributed by atoms with Crippen LogP contribution in [0.1, 0.15) is 32.1 Å². The van der Waals surface area contributed by atoms with Gasteiger partial charge < -0.3 is 14.0 Å². The summed E-state index contributed by atoms with van der Waals surface area (Å²) in [6, 6.07) is 10.7. The van der Waals surface area contributed by atoms with Gasteiger partial charge in [-0.1, -0.05) is 11.6 Å². The summed E-state index contributed by atoms with van der Waals surface area (Å²) >= 11 is 5.86. The van der Waals surface area contributed by atoms with Crippen molar-refractivity contribution in [2.24, 2.45) is 0 Å². The van der Waals surface area contributed by atoms with Gasteiger partial charge in [0.2, 0.25) is 5.78 Å². The molecule has 0 aliphatic rings. The number of esters is 1. The number of carbonyl (C=O) groups is 2. The van der Waals surface area contributed by atoms with E-state index in [4.69, 9.17) is 16.3 Å². The van der Waals surface area contributed by atoms with E-state index in [1.165, 1.54) is 30.5 Å². The molecule has 0 atom stereocenters. The largest absolute Gasteiger partial charge is 0.454 e. The number of ketones is 1. The number of aromatic nitrogens is 2. The summed E-state index contributed by atoms with van der Waals surface area (Å²) in [6.45, 7) is 0.174. The van der Waals surface area contributed by atoms with E-state index in [1.54, 1.807) is 36.6 Å². The van der Waals surface area contributed by atoms with E-state index in [1.807, 2.05) is 0 Å². The third-order valence-electron chi connectivity index (χ3n) is 4.36. The number of nitrogens with zero attached hydrogens (tertiary/aromatic N) is 2. The molecule has 2 aromatic heterocycles. The van der Waals surface area contributed by atoms with Crippen LogP contribution in [0.3, 0.4) is 0 Å². The summed E-state index contributed by atoms with van der Waals surface area (Å²) in [4.78, 5) is 28.5. The van der Waals surface area contributed by atoms with Gasteiger partial charge in [-0.25, -0.2) is 9.78 Å². The van der Waals surface area contributed by atoms with Crippen LogP contribution in [0, 0.1) is 13.8 Å². The lowest BCUT2D eigenvalue weighted by Crippen LogP contribution is -2.15. The van der Waals surface area contributed by atoms with Crippen LogP contribution in [0.2, 0.25) is 5.15 Å². The molecular formula is C21H17ClF2N2O4. The minimum Gasteiger partial charge on any atom is -0.454 e. The van der Waals surface area contributed by atoms with Gasteiger partial charge in [0, 0.05) is 28.8 Å². The Morgan fingerprint density at radius 3 is 2.47 bits per heavy atom. The number of Topliss-reactive ketones (excluding diaryl/α,β-unsaturated/α-hetero) is 1. The second-order valence-electron chi connectivity index (χ2n) is 6.33. The van der Waals surface area contributed by atoms with Crippen molar-refractivity contribution in [2.45, 2.75) is 20.5 Å². The Hall–Kier alpha value is -3.26. The Morgan fingerprint density at radius 1 is 1.13 bits per heavy atom. The lowest BCUT2D eigenvalue weighted by molar-refractivity contribution is -0.0498. The molecule has 0 N–H and O–H groups in total. The van der Waals surface area contributed by atoms with Gasteiger partial charge in [-0.2, -0.15) is 8.78 Å². The van der Waals surface area contributed by atoms with Crippen molar-refractivity contribution in [3.05, 3.63) is 76.3 Å². The maximum atomic E-state index is 12.6. The zero-order valence-electron chi connectivity index (χ0n) is 16.1. The first-order chi connectivity index (χ1) is 14.3. The fourth-order valence-electron chi connectivity index (χ4n) is 3.04. The van der Waals surface area contributed by atoms with E-state index in [9.17, 15) is 18.4 Å². The van der Waals surface area contributed by atoms with Gasteiger partial charge in [-0.05, 0) is 56.3 Å². The number of ether oxygens (including phenoxy) is 2. The number of pyridine rings is 1. The molecule has 0 unspecified atom stereocenters. The molecule has 0 radical (unpaired) electrons. The van der Waals surface area contributed by atoms with Crippen molar-refractivity contribution in [3.8, 4) is 11.4 Å². The number of carbonyl (C=O) groups excluding carboxylic acids is 2. The van der Waals surface area contributed by atoms with Gasteiger partial charge in [-0.3, -0.25) is 4.79 Å². The molecule has 0 aliphatic carbocycles. The molecule has 2 heterocycles. The van der Waals surface area contributed by atoms with E-state index in [-0.39, 0.29) is 22.2 Å². The van der Waals surface area contributed by atoms with Crippen molar-refractivity contribution >= 4 is 23.4 Å². The van der Waals surface area contributed by atoms with Gasteiger partial charge in [0.25, 0.3) is 0 Å². The highest BCUT2D eigenvalue weighted by Gasteiger charge is 2.20. The van der Waals surface area contributed by atoms with E-state index in [2.05, 4.69) is 9.72 Å². The van der Waals surface area contributed by atoms with E-state index in [0.29, 0.717) is 16.9 Å². The molecule has 0 spiro atoms. The summed E-state index contributed by atoms with van der Waals surface area (Å²) in [6.07, 6.45) is 1.44. The number of rotatable bonds is 7. The highest BCUT2D eigenvalue weighted by molar-refractivity contribution is 6.32. The fraction of sp³-hybridized carbons (Fsp3) is 0.190. The Bertz CT molecular complexity index is 1080. The van der Waals surface area contributed by atoms with Crippen molar-refractivity contribution in [2.75, 3.05) is 6.61 Å². The van der Waals surface area contributed by atoms with Crippen LogP contribution in [-0.4, -0.2) is 34.5 Å². The maximum absolute atomic E-state index is 12.6. The molecule has 1 aromatic carbocycles. The van der Waals surface area contributed by atoms with Crippen LogP contribution >= 0.6 is 11.6 Å². The Balaban J connectivity index is 1.75. The summed E-state index contributed by atoms with van der Waals surface area (Å²) in [5.41, 5.74) is 2.49. The van der Waals surface area contributed by atoms with Gasteiger partial charge >= 0.3 is 12.6 Å². The van der Waals surface area contributed by atoms with Gasteiger partial charge in [0.1, 0.15) is 10.9 Å². The smallest absolute Gasteiger partial charge is 0.387 e. The molecule has 3 aromatic rings. The van der Waals surface area contributed by atoms with Crippen molar-refractivity contribution in [1.29, 1.82) is 0 Å². The van der Waals surface area contributed by atoms with Crippen molar-refractivity contribution in [1.82, 2.24) is 9.55 Å². The number of hydrogen-bond acceptors (Lipinski definition) is 5. The SMILES string of the molecule is Cc1cc(C(=O)COC(=O)c2cccnc2Cl)c(C)n1-c1ccc(OC(F)F)cc1. The topological polar surface area (TPSA) is 70.4 Å². The first kappa shape index (κ1) is 21.4. The minimum atomic E-state index is -2.90. The second kappa shape index (κ2) is 9.04. The summed E-state index contributed by atoms with van der Waals surface area (Å²) in [7, 11) is 0. The molecule has 0 fully saturated rings. The van der Waals surface area contributed by atoms with Crippen molar-refractivity contribution < 1.29 is 27.8 Å². The Labute approximate surface area is 176 Å². The highest BCUT2D eigenvalue weighted by Crippen LogP contribution is 2.24. The molecule has 0 saturated carbocycles. The predicted molar refractivity (Wildman–Crippen MR) is 106 cm³/mol. The molecule has 3 rings (SSSR count). The standard InChI is InChI=1S/C21H17ClF2N2O4/c1-12-10-17(18(27)11-29-20(28)16-4-3-9-25-19(16)22)13(2)26(12)14-5-7-15(8-6-14)30-21(23)24/h3-10,21H,11H2,1-2H3. The lowest BCUT2D eigenvalue weighted by atomic mass is 10.1. The third-order valence-corrected chi connectivity index (χ3v) is 4.67. The van der Waals surface area contributed by atoms with Gasteiger partial charge in [0.05, 0.1) is 5.56 Å². The zero-order chi connectivity index (χ0) is 21.8. The third kappa shape index (κ3) is 4.65. The quantitative estimate of drug-likeness (QED) is 0.304. The highest BCUT2D eigenvalue weighted by atomic mass is 35.5. The molecule has 156 valence electrons. The molecule has 30 heavy (non-hydrogen) atoms. The average Bonchev–Trinajstić information content (AvgIpc) is 3.01. The maximum Gasteiger partial charge on any atom is 0.387 e. The number of benzene rings is 1. The molecule has 0 bridgehead atoms. The summed E-state index contributed by atoms with van der Waals surface area (Å²) < 4.78 is 35.8. The van der Waals surface area contributed by atoms with E-state index < -0.39 is 19.2 Å². The van der Waals surface area contributed by atoms with Crippen molar-refractivity contribution in [3.63, 3.8) is 0 Å². The molecule has 0 aliphatic heterocycles. The Kier molecular flexibility index (Phi) is 6.47. The van der Waals surface area contributed by atoms with Crippen LogP contribution in [0.5, 0.6) is 5.75 Å². The van der Waals surface area contributed by atoms with Gasteiger partial charge in [-0.15, -0.1) is 0 Å². The van der Waals surface area contributed by atoms with Crippen LogP contribution < -0.4 is 4.74 Å². The molecule has 6 nitrogen and oxygen atoms in total. The average molecular weight is 435 g/mol. The molecule has 9 heteroatoms. The predicted octanol–water partition coefficient (Wildman–Crippen LogP) is 4.78. The Morgan fingerprint density at radius 2 is 1.83 bits per heavy atom. The van der Waals surface area contributed by atoms with Crippen LogP contribution in [-0.2, 0) is 4.74 Å². The normalized spacial score (nSPS) is 10.9. The summed E-state index contributed by atoms with van der Waals surface area (Å²) in [5.74, 6) is -1.10. The number of halogens is 3. The minimum absolute atomic E-state index is 0.00704. The monoisotopic (exact) mass is 434 g/mol. The molecule has 0 amide bonds. The fourth-order valence-corrected chi connectivity index (χ4v) is 3.24. The number of hydrogen-bond donors (Lipinski definition) is 0. The molecule has 0 saturated heterocycles. The van der Waals surface area contributed by atoms with Crippen LogP contribution in [0.4, 0.5) is 8.78 Å². The van der Waals surface area contributed by atoms with E-state index >= 15 is 0 Å². The van der Waals surface area contributed by atoms with Gasteiger partial charge in [0.15, 0.2) is 6.61 Å². The second-order valence-corrected chi connectivity index (χ2v) is 6.69. The lowest BCUT2D eigenvalue weighted by Gasteiger charge is -2.11. The number of alkyl halides is 2. The number of aryl methyl sites for hydroxylation is 1. The van der Waals surface area contributed by atoms with Crippen LogP contribution in [0.15, 0.2) is 48.7 Å². The van der Waals surface area contributed by atoms with Crippen LogP contribution in [0.25, 0.3) is 5.69 Å². The van der Waals surface area contributed by atoms with E-state index in [0.717, 1.165) is 5.69 Å².